The lowest BCUT2D eigenvalue weighted by molar-refractivity contribution is 0.0925. The Morgan fingerprint density at radius 1 is 1.40 bits per heavy atom. The predicted octanol–water partition coefficient (Wildman–Crippen LogP) is 2.63. The number of rotatable bonds is 6. The number of anilines is 1. The van der Waals surface area contributed by atoms with Gasteiger partial charge in [-0.3, -0.25) is 4.79 Å². The maximum absolute atomic E-state index is 12.3. The highest BCUT2D eigenvalue weighted by Crippen LogP contribution is 2.23. The zero-order valence-electron chi connectivity index (χ0n) is 12.6. The molecule has 1 aromatic rings. The summed E-state index contributed by atoms with van der Waals surface area (Å²) >= 11 is 6.09. The number of likely N-dealkylation sites (N-methyl/N-ethyl adjacent to an activating group) is 1. The quantitative estimate of drug-likeness (QED) is 0.794. The third kappa shape index (κ3) is 5.02. The molecule has 0 spiro atoms. The Balaban J connectivity index is 2.81. The molecule has 0 fully saturated rings. The molecule has 5 heteroatoms. The number of nitrogen functional groups attached to an aromatic ring is 1. The first-order valence-electron chi connectivity index (χ1n) is 6.80. The van der Waals surface area contributed by atoms with Crippen molar-refractivity contribution in [1.82, 2.24) is 10.2 Å². The van der Waals surface area contributed by atoms with Crippen LogP contribution in [0.2, 0.25) is 5.02 Å². The third-order valence-electron chi connectivity index (χ3n) is 2.95. The molecule has 0 heterocycles. The molecule has 0 saturated heterocycles. The largest absolute Gasteiger partial charge is 0.398 e. The molecule has 0 saturated carbocycles. The number of benzene rings is 1. The average molecular weight is 298 g/mol. The van der Waals surface area contributed by atoms with E-state index in [0.29, 0.717) is 22.2 Å². The molecule has 0 aromatic heterocycles. The van der Waals surface area contributed by atoms with Crippen LogP contribution in [0.4, 0.5) is 5.69 Å². The van der Waals surface area contributed by atoms with Crippen LogP contribution in [0, 0.1) is 5.92 Å². The molecule has 1 aromatic carbocycles. The van der Waals surface area contributed by atoms with Gasteiger partial charge in [-0.1, -0.05) is 31.5 Å². The Morgan fingerprint density at radius 3 is 2.60 bits per heavy atom. The zero-order chi connectivity index (χ0) is 15.3. The van der Waals surface area contributed by atoms with E-state index in [0.717, 1.165) is 13.0 Å². The van der Waals surface area contributed by atoms with Gasteiger partial charge in [0.05, 0.1) is 16.3 Å². The van der Waals surface area contributed by atoms with Crippen LogP contribution in [-0.4, -0.2) is 37.5 Å². The molecule has 112 valence electrons. The minimum atomic E-state index is -0.171. The van der Waals surface area contributed by atoms with Crippen LogP contribution in [0.3, 0.4) is 0 Å². The zero-order valence-corrected chi connectivity index (χ0v) is 13.4. The molecule has 20 heavy (non-hydrogen) atoms. The summed E-state index contributed by atoms with van der Waals surface area (Å²) in [6, 6.07) is 5.20. The number of halogens is 1. The summed E-state index contributed by atoms with van der Waals surface area (Å²) in [4.78, 5) is 14.4. The fraction of sp³-hybridized carbons (Fsp3) is 0.533. The molecule has 4 nitrogen and oxygen atoms in total. The van der Waals surface area contributed by atoms with Crippen LogP contribution in [-0.2, 0) is 0 Å². The highest BCUT2D eigenvalue weighted by atomic mass is 35.5. The maximum Gasteiger partial charge on any atom is 0.253 e. The van der Waals surface area contributed by atoms with Gasteiger partial charge in [-0.05, 0) is 38.6 Å². The minimum Gasteiger partial charge on any atom is -0.398 e. The molecule has 0 aliphatic rings. The molecular formula is C15H24ClN3O. The van der Waals surface area contributed by atoms with Crippen LogP contribution in [0.15, 0.2) is 18.2 Å². The summed E-state index contributed by atoms with van der Waals surface area (Å²) in [7, 11) is 3.99. The number of nitrogens with zero attached hydrogens (tertiary/aromatic N) is 1. The van der Waals surface area contributed by atoms with E-state index in [2.05, 4.69) is 24.1 Å². The van der Waals surface area contributed by atoms with Gasteiger partial charge in [0.15, 0.2) is 0 Å². The third-order valence-corrected chi connectivity index (χ3v) is 3.37. The van der Waals surface area contributed by atoms with Crippen molar-refractivity contribution in [3.05, 3.63) is 28.8 Å². The number of nitrogens with one attached hydrogen (secondary N) is 1. The number of nitrogens with two attached hydrogens (primary N) is 1. The fourth-order valence-electron chi connectivity index (χ4n) is 2.18. The van der Waals surface area contributed by atoms with Crippen molar-refractivity contribution in [3.8, 4) is 0 Å². The second-order valence-electron chi connectivity index (χ2n) is 5.77. The van der Waals surface area contributed by atoms with Gasteiger partial charge in [0, 0.05) is 12.6 Å². The second kappa shape index (κ2) is 7.50. The monoisotopic (exact) mass is 297 g/mol. The van der Waals surface area contributed by atoms with Gasteiger partial charge in [0.1, 0.15) is 0 Å². The summed E-state index contributed by atoms with van der Waals surface area (Å²) in [6.07, 6.45) is 0.920. The van der Waals surface area contributed by atoms with Crippen LogP contribution in [0.25, 0.3) is 0 Å². The molecule has 0 aliphatic heterocycles. The number of hydrogen-bond donors (Lipinski definition) is 2. The summed E-state index contributed by atoms with van der Waals surface area (Å²) < 4.78 is 0. The van der Waals surface area contributed by atoms with Crippen molar-refractivity contribution in [2.45, 2.75) is 26.3 Å². The first-order valence-corrected chi connectivity index (χ1v) is 7.18. The van der Waals surface area contributed by atoms with Gasteiger partial charge in [-0.25, -0.2) is 0 Å². The van der Waals surface area contributed by atoms with Crippen molar-refractivity contribution in [2.75, 3.05) is 26.4 Å². The van der Waals surface area contributed by atoms with Crippen molar-refractivity contribution >= 4 is 23.2 Å². The minimum absolute atomic E-state index is 0.0926. The number of carbonyl (C=O) groups excluding carboxylic acids is 1. The lowest BCUT2D eigenvalue weighted by Crippen LogP contribution is -2.42. The van der Waals surface area contributed by atoms with Crippen molar-refractivity contribution < 1.29 is 4.79 Å². The first kappa shape index (κ1) is 16.8. The van der Waals surface area contributed by atoms with Crippen molar-refractivity contribution in [1.29, 1.82) is 0 Å². The highest BCUT2D eigenvalue weighted by molar-refractivity contribution is 6.36. The van der Waals surface area contributed by atoms with Gasteiger partial charge in [0.2, 0.25) is 0 Å². The number of hydrogen-bond acceptors (Lipinski definition) is 3. The maximum atomic E-state index is 12.3. The van der Waals surface area contributed by atoms with Gasteiger partial charge >= 0.3 is 0 Å². The molecule has 3 N–H and O–H groups in total. The normalized spacial score (nSPS) is 12.8. The SMILES string of the molecule is CC(C)CC(CN(C)C)NC(=O)c1cccc(N)c1Cl. The first-order chi connectivity index (χ1) is 9.31. The lowest BCUT2D eigenvalue weighted by Gasteiger charge is -2.24. The molecule has 1 atom stereocenters. The number of carbonyl (C=O) groups is 1. The molecule has 0 bridgehead atoms. The Hall–Kier alpha value is -1.26. The molecular weight excluding hydrogens is 274 g/mol. The molecule has 0 radical (unpaired) electrons. The van der Waals surface area contributed by atoms with Gasteiger partial charge in [-0.15, -0.1) is 0 Å². The smallest absolute Gasteiger partial charge is 0.253 e. The Labute approximate surface area is 126 Å². The van der Waals surface area contributed by atoms with Crippen LogP contribution in [0.5, 0.6) is 0 Å². The van der Waals surface area contributed by atoms with Crippen LogP contribution in [0.1, 0.15) is 30.6 Å². The summed E-state index contributed by atoms with van der Waals surface area (Å²) in [6.45, 7) is 5.08. The Kier molecular flexibility index (Phi) is 6.30. The average Bonchev–Trinajstić information content (AvgIpc) is 2.30. The molecule has 1 rings (SSSR count). The summed E-state index contributed by atoms with van der Waals surface area (Å²) in [5.41, 5.74) is 6.58. The lowest BCUT2D eigenvalue weighted by atomic mass is 10.0. The summed E-state index contributed by atoms with van der Waals surface area (Å²) in [5.74, 6) is 0.339. The highest BCUT2D eigenvalue weighted by Gasteiger charge is 2.18. The van der Waals surface area contributed by atoms with Gasteiger partial charge in [-0.2, -0.15) is 0 Å². The molecule has 0 aliphatic carbocycles. The number of amides is 1. The van der Waals surface area contributed by atoms with Crippen molar-refractivity contribution in [3.63, 3.8) is 0 Å². The summed E-state index contributed by atoms with van der Waals surface area (Å²) in [5, 5.41) is 3.36. The van der Waals surface area contributed by atoms with E-state index in [4.69, 9.17) is 17.3 Å². The Morgan fingerprint density at radius 2 is 2.05 bits per heavy atom. The van der Waals surface area contributed by atoms with E-state index in [1.165, 1.54) is 0 Å². The van der Waals surface area contributed by atoms with Gasteiger partial charge < -0.3 is 16.0 Å². The van der Waals surface area contributed by atoms with Gasteiger partial charge in [0.25, 0.3) is 5.91 Å². The van der Waals surface area contributed by atoms with E-state index < -0.39 is 0 Å². The molecule has 1 amide bonds. The van der Waals surface area contributed by atoms with E-state index >= 15 is 0 Å². The topological polar surface area (TPSA) is 58.4 Å². The van der Waals surface area contributed by atoms with Crippen molar-refractivity contribution in [2.24, 2.45) is 5.92 Å². The van der Waals surface area contributed by atoms with Crippen LogP contribution < -0.4 is 11.1 Å². The predicted molar refractivity (Wildman–Crippen MR) is 85.1 cm³/mol. The van der Waals surface area contributed by atoms with E-state index in [9.17, 15) is 4.79 Å². The van der Waals surface area contributed by atoms with E-state index in [-0.39, 0.29) is 11.9 Å². The fourth-order valence-corrected chi connectivity index (χ4v) is 2.39. The van der Waals surface area contributed by atoms with E-state index in [1.54, 1.807) is 18.2 Å². The molecule has 1 unspecified atom stereocenters. The van der Waals surface area contributed by atoms with Crippen LogP contribution >= 0.6 is 11.6 Å². The standard InChI is InChI=1S/C15H24ClN3O/c1-10(2)8-11(9-19(3)4)18-15(20)12-6-5-7-13(17)14(12)16/h5-7,10-11H,8-9,17H2,1-4H3,(H,18,20). The van der Waals surface area contributed by atoms with E-state index in [1.807, 2.05) is 14.1 Å². The Bertz CT molecular complexity index is 450. The second-order valence-corrected chi connectivity index (χ2v) is 6.15.